The predicted molar refractivity (Wildman–Crippen MR) is 110 cm³/mol. The van der Waals surface area contributed by atoms with Crippen LogP contribution in [0.1, 0.15) is 31.9 Å². The van der Waals surface area contributed by atoms with E-state index < -0.39 is 48.0 Å². The van der Waals surface area contributed by atoms with E-state index in [9.17, 15) is 36.4 Å². The Morgan fingerprint density at radius 1 is 1.06 bits per heavy atom. The molecule has 2 aromatic carbocycles. The molecular formula is C23H23F6N3O. The molecular weight excluding hydrogens is 448 g/mol. The summed E-state index contributed by atoms with van der Waals surface area (Å²) in [6, 6.07) is 7.34. The van der Waals surface area contributed by atoms with Gasteiger partial charge in [0.2, 0.25) is 5.91 Å². The average molecular weight is 471 g/mol. The quantitative estimate of drug-likeness (QED) is 0.390. The summed E-state index contributed by atoms with van der Waals surface area (Å²) in [6.45, 7) is 2.38. The highest BCUT2D eigenvalue weighted by Gasteiger charge is 2.65. The molecule has 0 radical (unpaired) electrons. The molecule has 2 atom stereocenters. The second-order valence-corrected chi connectivity index (χ2v) is 8.00. The smallest absolute Gasteiger partial charge is 0.368 e. The summed E-state index contributed by atoms with van der Waals surface area (Å²) >= 11 is 0. The number of rotatable bonds is 9. The topological polar surface area (TPSA) is 70.1 Å². The minimum absolute atomic E-state index is 0.130. The number of carbonyl (C=O) groups excluding carboxylic acids is 1. The molecule has 33 heavy (non-hydrogen) atoms. The fraction of sp³-hybridized carbons (Fsp3) is 0.391. The van der Waals surface area contributed by atoms with Crippen molar-refractivity contribution < 1.29 is 31.1 Å². The molecule has 1 amide bonds. The highest BCUT2D eigenvalue weighted by atomic mass is 19.4. The molecule has 0 unspecified atom stereocenters. The Labute approximate surface area is 187 Å². The monoisotopic (exact) mass is 471 g/mol. The van der Waals surface area contributed by atoms with Crippen LogP contribution in [0.5, 0.6) is 0 Å². The Bertz CT molecular complexity index is 998. The lowest BCUT2D eigenvalue weighted by Crippen LogP contribution is -2.56. The van der Waals surface area contributed by atoms with Gasteiger partial charge in [0.15, 0.2) is 0 Å². The number of alkyl halides is 5. The minimum atomic E-state index is -5.98. The van der Waals surface area contributed by atoms with E-state index in [1.54, 1.807) is 26.0 Å². The maximum absolute atomic E-state index is 14.8. The third-order valence-corrected chi connectivity index (χ3v) is 5.14. The van der Waals surface area contributed by atoms with Gasteiger partial charge in [-0.05, 0) is 29.5 Å². The van der Waals surface area contributed by atoms with Crippen molar-refractivity contribution in [3.63, 3.8) is 0 Å². The molecule has 2 rings (SSSR count). The van der Waals surface area contributed by atoms with Gasteiger partial charge in [-0.15, -0.1) is 0 Å². The van der Waals surface area contributed by atoms with E-state index in [1.165, 1.54) is 30.3 Å². The van der Waals surface area contributed by atoms with E-state index in [0.29, 0.717) is 4.90 Å². The molecule has 0 bridgehead atoms. The number of nitriles is 1. The van der Waals surface area contributed by atoms with Gasteiger partial charge in [-0.1, -0.05) is 56.3 Å². The Morgan fingerprint density at radius 3 is 2.09 bits per heavy atom. The minimum Gasteiger partial charge on any atom is -0.368 e. The summed E-state index contributed by atoms with van der Waals surface area (Å²) in [5, 5.41) is 9.18. The van der Waals surface area contributed by atoms with E-state index in [-0.39, 0.29) is 23.5 Å². The highest BCUT2D eigenvalue weighted by Crippen LogP contribution is 2.48. The largest absolute Gasteiger partial charge is 0.455 e. The first kappa shape index (κ1) is 26.2. The van der Waals surface area contributed by atoms with Crippen molar-refractivity contribution in [2.24, 2.45) is 11.7 Å². The molecule has 0 heterocycles. The first-order valence-electron chi connectivity index (χ1n) is 10.0. The lowest BCUT2D eigenvalue weighted by Gasteiger charge is -2.40. The van der Waals surface area contributed by atoms with Crippen LogP contribution in [0.15, 0.2) is 48.5 Å². The maximum atomic E-state index is 14.8. The number of nitrogens with zero attached hydrogens (tertiary/aromatic N) is 2. The van der Waals surface area contributed by atoms with E-state index in [0.717, 1.165) is 12.1 Å². The standard InChI is InChI=1S/C23H23F6N3O/c1-14(2)13-19(21(31)33)32(12-11-30)20(22(25,26)23(27,28)29)16-9-7-15(8-10-16)17-5-3-4-6-18(17)24/h3-10,14,19-20H,12-13H2,1-2H3,(H2,31,33)/t19-,20-/m0/s1. The predicted octanol–water partition coefficient (Wildman–Crippen LogP) is 5.46. The van der Waals surface area contributed by atoms with Gasteiger partial charge in [0.05, 0.1) is 18.7 Å². The number of primary amides is 1. The van der Waals surface area contributed by atoms with Gasteiger partial charge in [-0.2, -0.15) is 27.2 Å². The van der Waals surface area contributed by atoms with Gasteiger partial charge >= 0.3 is 12.1 Å². The number of amides is 1. The third-order valence-electron chi connectivity index (χ3n) is 5.14. The number of benzene rings is 2. The van der Waals surface area contributed by atoms with Gasteiger partial charge < -0.3 is 5.73 Å². The summed E-state index contributed by atoms with van der Waals surface area (Å²) < 4.78 is 84.1. The van der Waals surface area contributed by atoms with Gasteiger partial charge in [0.25, 0.3) is 0 Å². The Kier molecular flexibility index (Phi) is 8.14. The maximum Gasteiger partial charge on any atom is 0.455 e. The van der Waals surface area contributed by atoms with Crippen LogP contribution in [0.4, 0.5) is 26.3 Å². The van der Waals surface area contributed by atoms with Crippen LogP contribution in [-0.4, -0.2) is 35.5 Å². The van der Waals surface area contributed by atoms with E-state index in [4.69, 9.17) is 5.73 Å². The summed E-state index contributed by atoms with van der Waals surface area (Å²) in [6.07, 6.45) is -6.11. The zero-order valence-electron chi connectivity index (χ0n) is 17.9. The molecule has 0 fully saturated rings. The van der Waals surface area contributed by atoms with Gasteiger partial charge in [0.1, 0.15) is 11.9 Å². The van der Waals surface area contributed by atoms with Crippen LogP contribution < -0.4 is 5.73 Å². The number of halogens is 6. The van der Waals surface area contributed by atoms with Crippen LogP contribution in [0, 0.1) is 23.1 Å². The van der Waals surface area contributed by atoms with Crippen molar-refractivity contribution in [2.75, 3.05) is 6.54 Å². The van der Waals surface area contributed by atoms with Crippen molar-refractivity contribution >= 4 is 5.91 Å². The molecule has 178 valence electrons. The number of hydrogen-bond donors (Lipinski definition) is 1. The van der Waals surface area contributed by atoms with E-state index in [1.807, 2.05) is 0 Å². The SMILES string of the molecule is CC(C)C[C@@H](C(N)=O)N(CC#N)[C@@H](c1ccc(-c2ccccc2F)cc1)C(F)(F)C(F)(F)F. The molecule has 4 nitrogen and oxygen atoms in total. The van der Waals surface area contributed by atoms with Crippen molar-refractivity contribution in [3.05, 3.63) is 59.9 Å². The molecule has 0 spiro atoms. The van der Waals surface area contributed by atoms with Crippen molar-refractivity contribution in [1.29, 1.82) is 5.26 Å². The lowest BCUT2D eigenvalue weighted by atomic mass is 9.92. The fourth-order valence-corrected chi connectivity index (χ4v) is 3.63. The summed E-state index contributed by atoms with van der Waals surface area (Å²) in [7, 11) is 0. The van der Waals surface area contributed by atoms with Crippen LogP contribution in [0.3, 0.4) is 0 Å². The first-order chi connectivity index (χ1) is 15.3. The molecule has 0 aromatic heterocycles. The molecule has 2 N–H and O–H groups in total. The van der Waals surface area contributed by atoms with Gasteiger partial charge in [-0.25, -0.2) is 4.39 Å². The third kappa shape index (κ3) is 5.85. The van der Waals surface area contributed by atoms with Crippen molar-refractivity contribution in [1.82, 2.24) is 4.90 Å². The second kappa shape index (κ2) is 10.3. The molecule has 2 aromatic rings. The zero-order chi connectivity index (χ0) is 25.0. The molecule has 10 heteroatoms. The summed E-state index contributed by atoms with van der Waals surface area (Å²) in [4.78, 5) is 12.5. The van der Waals surface area contributed by atoms with Crippen LogP contribution in [0.25, 0.3) is 11.1 Å². The fourth-order valence-electron chi connectivity index (χ4n) is 3.63. The Morgan fingerprint density at radius 2 is 1.64 bits per heavy atom. The van der Waals surface area contributed by atoms with Crippen LogP contribution >= 0.6 is 0 Å². The molecule has 0 aliphatic rings. The van der Waals surface area contributed by atoms with E-state index in [2.05, 4.69) is 0 Å². The van der Waals surface area contributed by atoms with Gasteiger partial charge in [-0.3, -0.25) is 9.69 Å². The van der Waals surface area contributed by atoms with Crippen molar-refractivity contribution in [3.8, 4) is 17.2 Å². The molecule has 0 aliphatic carbocycles. The summed E-state index contributed by atoms with van der Waals surface area (Å²) in [5.41, 5.74) is 5.23. The highest BCUT2D eigenvalue weighted by molar-refractivity contribution is 5.80. The second-order valence-electron chi connectivity index (χ2n) is 8.00. The van der Waals surface area contributed by atoms with Gasteiger partial charge in [0, 0.05) is 5.56 Å². The van der Waals surface area contributed by atoms with Crippen LogP contribution in [-0.2, 0) is 4.79 Å². The first-order valence-corrected chi connectivity index (χ1v) is 10.0. The Balaban J connectivity index is 2.66. The van der Waals surface area contributed by atoms with Crippen molar-refractivity contribution in [2.45, 2.75) is 44.5 Å². The molecule has 0 aliphatic heterocycles. The lowest BCUT2D eigenvalue weighted by molar-refractivity contribution is -0.306. The number of carbonyl (C=O) groups is 1. The number of nitrogens with two attached hydrogens (primary N) is 1. The number of hydrogen-bond acceptors (Lipinski definition) is 3. The summed E-state index contributed by atoms with van der Waals surface area (Å²) in [5.74, 6) is -7.33. The van der Waals surface area contributed by atoms with Crippen LogP contribution in [0.2, 0.25) is 0 Å². The molecule has 0 saturated carbocycles. The Hall–Kier alpha value is -3.06. The van der Waals surface area contributed by atoms with E-state index >= 15 is 0 Å². The zero-order valence-corrected chi connectivity index (χ0v) is 17.9. The normalized spacial score (nSPS) is 14.2. The molecule has 0 saturated heterocycles. The average Bonchev–Trinajstić information content (AvgIpc) is 2.71.